The van der Waals surface area contributed by atoms with Crippen molar-refractivity contribution in [2.45, 2.75) is 58.4 Å². The number of nitrogens with zero attached hydrogens (tertiary/aromatic N) is 1. The van der Waals surface area contributed by atoms with Gasteiger partial charge in [0.05, 0.1) is 5.69 Å². The molecule has 2 heterocycles. The number of nitrogens with one attached hydrogen (secondary N) is 2. The first kappa shape index (κ1) is 23.3. The van der Waals surface area contributed by atoms with Crippen LogP contribution in [0.2, 0.25) is 5.02 Å². The number of amides is 2. The van der Waals surface area contributed by atoms with Crippen molar-refractivity contribution < 1.29 is 19.1 Å². The van der Waals surface area contributed by atoms with Crippen LogP contribution >= 0.6 is 11.6 Å². The molecule has 2 aromatic carbocycles. The molecule has 0 bridgehead atoms. The molecule has 1 unspecified atom stereocenters. The van der Waals surface area contributed by atoms with Crippen molar-refractivity contribution in [1.29, 1.82) is 0 Å². The minimum Gasteiger partial charge on any atom is -0.354 e. The summed E-state index contributed by atoms with van der Waals surface area (Å²) in [7, 11) is 0. The number of ether oxygens (including phenoxy) is 2. The molecule has 1 fully saturated rings. The normalized spacial score (nSPS) is 19.1. The Hall–Kier alpha value is -2.87. The maximum atomic E-state index is 13.7. The minimum absolute atomic E-state index is 0.259. The van der Waals surface area contributed by atoms with Crippen molar-refractivity contribution in [1.82, 2.24) is 15.2 Å². The minimum atomic E-state index is -0.921. The Balaban J connectivity index is 1.86. The first-order chi connectivity index (χ1) is 15.7. The molecule has 2 amide bonds. The van der Waals surface area contributed by atoms with Gasteiger partial charge in [0.15, 0.2) is 6.29 Å². The molecule has 0 radical (unpaired) electrons. The number of aromatic nitrogens is 1. The highest BCUT2D eigenvalue weighted by Gasteiger charge is 2.39. The summed E-state index contributed by atoms with van der Waals surface area (Å²) in [6.07, 6.45) is -0.314. The Morgan fingerprint density at radius 1 is 1.21 bits per heavy atom. The highest BCUT2D eigenvalue weighted by Crippen LogP contribution is 2.41. The predicted molar refractivity (Wildman–Crippen MR) is 126 cm³/mol. The van der Waals surface area contributed by atoms with Crippen molar-refractivity contribution in [2.75, 3.05) is 0 Å². The smallest absolute Gasteiger partial charge is 0.247 e. The molecule has 7 nitrogen and oxygen atoms in total. The lowest BCUT2D eigenvalue weighted by atomic mass is 9.97. The van der Waals surface area contributed by atoms with Gasteiger partial charge in [0.25, 0.3) is 0 Å². The quantitative estimate of drug-likeness (QED) is 0.485. The van der Waals surface area contributed by atoms with Crippen LogP contribution in [0.15, 0.2) is 48.5 Å². The van der Waals surface area contributed by atoms with Gasteiger partial charge < -0.3 is 24.7 Å². The Kier molecular flexibility index (Phi) is 6.47. The Morgan fingerprint density at radius 2 is 1.91 bits per heavy atom. The van der Waals surface area contributed by atoms with Crippen LogP contribution in [0, 0.1) is 0 Å². The average molecular weight is 470 g/mol. The summed E-state index contributed by atoms with van der Waals surface area (Å²) in [6.45, 7) is 7.77. The van der Waals surface area contributed by atoms with Gasteiger partial charge in [-0.1, -0.05) is 48.0 Å². The molecular formula is C25H28ClN3O4. The van der Waals surface area contributed by atoms with Crippen LogP contribution in [-0.2, 0) is 25.6 Å². The molecule has 1 aliphatic heterocycles. The summed E-state index contributed by atoms with van der Waals surface area (Å²) in [5.74, 6) is -0.296. The lowest BCUT2D eigenvalue weighted by Crippen LogP contribution is -2.48. The second-order valence-corrected chi connectivity index (χ2v) is 9.66. The first-order valence-electron chi connectivity index (χ1n) is 10.8. The van der Waals surface area contributed by atoms with Gasteiger partial charge >= 0.3 is 0 Å². The molecule has 2 N–H and O–H groups in total. The van der Waals surface area contributed by atoms with Gasteiger partial charge in [-0.15, -0.1) is 0 Å². The van der Waals surface area contributed by atoms with Crippen LogP contribution in [0.25, 0.3) is 10.9 Å². The fourth-order valence-electron chi connectivity index (χ4n) is 4.06. The molecule has 0 saturated carbocycles. The fourth-order valence-corrected chi connectivity index (χ4v) is 4.23. The van der Waals surface area contributed by atoms with Gasteiger partial charge in [0, 0.05) is 33.6 Å². The molecule has 0 aliphatic carbocycles. The largest absolute Gasteiger partial charge is 0.354 e. The Morgan fingerprint density at radius 3 is 2.52 bits per heavy atom. The number of benzene rings is 2. The molecule has 0 spiro atoms. The van der Waals surface area contributed by atoms with E-state index in [0.29, 0.717) is 22.7 Å². The number of carbonyl (C=O) groups is 2. The second kappa shape index (κ2) is 9.17. The monoisotopic (exact) mass is 469 g/mol. The molecule has 4 rings (SSSR count). The Bertz CT molecular complexity index is 1150. The molecule has 1 aromatic heterocycles. The maximum absolute atomic E-state index is 13.7. The van der Waals surface area contributed by atoms with Crippen LogP contribution in [0.3, 0.4) is 0 Å². The Labute approximate surface area is 198 Å². The summed E-state index contributed by atoms with van der Waals surface area (Å²) < 4.78 is 11.5. The van der Waals surface area contributed by atoms with E-state index in [0.717, 1.165) is 16.5 Å². The SMILES string of the molecule is CC1OC(c2[nH]c3cc(Cl)ccc3c2C(C(=O)NC(C)(C)C)N(C=O)Cc2ccccc2)O1. The van der Waals surface area contributed by atoms with Gasteiger partial charge in [-0.2, -0.15) is 0 Å². The van der Waals surface area contributed by atoms with E-state index >= 15 is 0 Å². The van der Waals surface area contributed by atoms with Gasteiger partial charge in [-0.05, 0) is 45.4 Å². The van der Waals surface area contributed by atoms with E-state index in [1.807, 2.05) is 57.2 Å². The molecule has 1 atom stereocenters. The number of fused-ring (bicyclic) bond motifs is 1. The lowest BCUT2D eigenvalue weighted by Gasteiger charge is -2.36. The second-order valence-electron chi connectivity index (χ2n) is 9.22. The summed E-state index contributed by atoms with van der Waals surface area (Å²) in [6, 6.07) is 14.0. The third-order valence-electron chi connectivity index (χ3n) is 5.39. The molecule has 3 aromatic rings. The van der Waals surface area contributed by atoms with Crippen LogP contribution in [-0.4, -0.2) is 34.0 Å². The van der Waals surface area contributed by atoms with Crippen LogP contribution in [0.5, 0.6) is 0 Å². The zero-order chi connectivity index (χ0) is 23.8. The highest BCUT2D eigenvalue weighted by atomic mass is 35.5. The van der Waals surface area contributed by atoms with E-state index in [-0.39, 0.29) is 18.7 Å². The highest BCUT2D eigenvalue weighted by molar-refractivity contribution is 6.31. The number of aromatic amines is 1. The zero-order valence-electron chi connectivity index (χ0n) is 19.1. The first-order valence-corrected chi connectivity index (χ1v) is 11.2. The third kappa shape index (κ3) is 5.05. The zero-order valence-corrected chi connectivity index (χ0v) is 19.8. The number of H-pyrrole nitrogens is 1. The van der Waals surface area contributed by atoms with Crippen molar-refractivity contribution in [3.05, 3.63) is 70.4 Å². The van der Waals surface area contributed by atoms with Crippen molar-refractivity contribution >= 4 is 34.8 Å². The lowest BCUT2D eigenvalue weighted by molar-refractivity contribution is -0.384. The van der Waals surface area contributed by atoms with E-state index in [2.05, 4.69) is 10.3 Å². The number of hydrogen-bond donors (Lipinski definition) is 2. The molecule has 8 heteroatoms. The molecule has 174 valence electrons. The summed E-state index contributed by atoms with van der Waals surface area (Å²) in [5, 5.41) is 4.36. The number of carbonyl (C=O) groups excluding carboxylic acids is 2. The predicted octanol–water partition coefficient (Wildman–Crippen LogP) is 4.83. The molecule has 1 aliphatic rings. The van der Waals surface area contributed by atoms with Crippen LogP contribution in [0.4, 0.5) is 0 Å². The van der Waals surface area contributed by atoms with Gasteiger partial charge in [0.2, 0.25) is 18.6 Å². The molecular weight excluding hydrogens is 442 g/mol. The number of halogens is 1. The average Bonchev–Trinajstić information content (AvgIpc) is 3.08. The summed E-state index contributed by atoms with van der Waals surface area (Å²) in [4.78, 5) is 30.9. The van der Waals surface area contributed by atoms with E-state index in [4.69, 9.17) is 21.1 Å². The van der Waals surface area contributed by atoms with E-state index in [1.54, 1.807) is 19.1 Å². The molecule has 1 saturated heterocycles. The van der Waals surface area contributed by atoms with Crippen LogP contribution in [0.1, 0.15) is 56.8 Å². The van der Waals surface area contributed by atoms with E-state index < -0.39 is 17.9 Å². The molecule has 33 heavy (non-hydrogen) atoms. The van der Waals surface area contributed by atoms with E-state index in [9.17, 15) is 9.59 Å². The number of rotatable bonds is 7. The fraction of sp³-hybridized carbons (Fsp3) is 0.360. The standard InChI is InChI=1S/C25H28ClN3O4/c1-15-32-24(33-15)21-20(18-11-10-17(26)12-19(18)27-21)22(23(31)28-25(2,3)4)29(14-30)13-16-8-6-5-7-9-16/h5-12,14-15,22,24,27H,13H2,1-4H3,(H,28,31). The van der Waals surface area contributed by atoms with Gasteiger partial charge in [-0.25, -0.2) is 0 Å². The summed E-state index contributed by atoms with van der Waals surface area (Å²) >= 11 is 6.23. The van der Waals surface area contributed by atoms with Gasteiger partial charge in [-0.3, -0.25) is 9.59 Å². The van der Waals surface area contributed by atoms with Crippen LogP contribution < -0.4 is 5.32 Å². The number of hydrogen-bond acceptors (Lipinski definition) is 4. The van der Waals surface area contributed by atoms with Crippen molar-refractivity contribution in [3.63, 3.8) is 0 Å². The topological polar surface area (TPSA) is 83.7 Å². The van der Waals surface area contributed by atoms with E-state index in [1.165, 1.54) is 4.90 Å². The van der Waals surface area contributed by atoms with Crippen molar-refractivity contribution in [2.24, 2.45) is 0 Å². The maximum Gasteiger partial charge on any atom is 0.247 e. The van der Waals surface area contributed by atoms with Crippen molar-refractivity contribution in [3.8, 4) is 0 Å². The third-order valence-corrected chi connectivity index (χ3v) is 5.63. The van der Waals surface area contributed by atoms with Gasteiger partial charge in [0.1, 0.15) is 6.04 Å². The summed E-state index contributed by atoms with van der Waals surface area (Å²) in [5.41, 5.74) is 2.37.